The summed E-state index contributed by atoms with van der Waals surface area (Å²) in [5, 5.41) is 13.5. The summed E-state index contributed by atoms with van der Waals surface area (Å²) in [7, 11) is 0. The number of nitrogens with zero attached hydrogens (tertiary/aromatic N) is 6. The summed E-state index contributed by atoms with van der Waals surface area (Å²) in [5.41, 5.74) is 2.82. The molecule has 244 valence electrons. The molecule has 0 amide bonds. The summed E-state index contributed by atoms with van der Waals surface area (Å²) >= 11 is 12.3. The monoisotopic (exact) mass is 663 g/mol. The lowest BCUT2D eigenvalue weighted by atomic mass is 9.77. The Morgan fingerprint density at radius 2 is 1.65 bits per heavy atom. The van der Waals surface area contributed by atoms with E-state index in [9.17, 15) is 5.26 Å². The second-order valence-corrected chi connectivity index (χ2v) is 13.7. The summed E-state index contributed by atoms with van der Waals surface area (Å²) in [5.74, 6) is 2.22. The SMILES string of the molecule is CC(C)(c1ccc(OCc2ccnc(N3CCN(C4CCN(C5CNC5)CC4)CC3)n2)cc1)c1cc(Cl)c(OCCCl)c(C#N)c1. The van der Waals surface area contributed by atoms with E-state index in [0.717, 1.165) is 73.8 Å². The van der Waals surface area contributed by atoms with Crippen molar-refractivity contribution in [3.8, 4) is 17.6 Å². The van der Waals surface area contributed by atoms with E-state index in [1.54, 1.807) is 0 Å². The number of anilines is 1. The first-order valence-corrected chi connectivity index (χ1v) is 17.2. The smallest absolute Gasteiger partial charge is 0.225 e. The van der Waals surface area contributed by atoms with Crippen LogP contribution in [-0.2, 0) is 12.0 Å². The van der Waals surface area contributed by atoms with E-state index in [4.69, 9.17) is 37.7 Å². The molecule has 2 aromatic carbocycles. The Balaban J connectivity index is 1.02. The van der Waals surface area contributed by atoms with Gasteiger partial charge in [0.2, 0.25) is 5.95 Å². The van der Waals surface area contributed by atoms with Crippen LogP contribution in [0.5, 0.6) is 11.5 Å². The van der Waals surface area contributed by atoms with E-state index in [0.29, 0.717) is 34.9 Å². The third-order valence-electron chi connectivity index (χ3n) is 9.76. The number of likely N-dealkylation sites (tertiary alicyclic amines) is 1. The fourth-order valence-electron chi connectivity index (χ4n) is 6.67. The number of nitriles is 1. The molecule has 0 aliphatic carbocycles. The number of aromatic nitrogens is 2. The van der Waals surface area contributed by atoms with Gasteiger partial charge in [-0.1, -0.05) is 37.6 Å². The number of piperazine rings is 1. The van der Waals surface area contributed by atoms with Gasteiger partial charge in [-0.05, 0) is 54.3 Å². The molecule has 0 saturated carbocycles. The topological polar surface area (TPSA) is 89.8 Å². The molecular weight excluding hydrogens is 621 g/mol. The van der Waals surface area contributed by atoms with Crippen molar-refractivity contribution in [1.29, 1.82) is 5.26 Å². The largest absolute Gasteiger partial charge is 0.489 e. The third kappa shape index (κ3) is 7.37. The molecule has 3 saturated heterocycles. The number of benzene rings is 2. The highest BCUT2D eigenvalue weighted by molar-refractivity contribution is 6.32. The Bertz CT molecular complexity index is 1510. The average Bonchev–Trinajstić information content (AvgIpc) is 3.06. The van der Waals surface area contributed by atoms with Crippen molar-refractivity contribution in [2.24, 2.45) is 0 Å². The second kappa shape index (κ2) is 14.7. The summed E-state index contributed by atoms with van der Waals surface area (Å²) in [6.07, 6.45) is 4.37. The first kappa shape index (κ1) is 32.8. The van der Waals surface area contributed by atoms with Crippen LogP contribution in [0.25, 0.3) is 0 Å². The molecule has 6 rings (SSSR count). The molecule has 1 aromatic heterocycles. The quantitative estimate of drug-likeness (QED) is 0.282. The van der Waals surface area contributed by atoms with E-state index in [-0.39, 0.29) is 6.61 Å². The summed E-state index contributed by atoms with van der Waals surface area (Å²) in [6.45, 7) is 13.6. The Morgan fingerprint density at radius 3 is 2.30 bits per heavy atom. The van der Waals surface area contributed by atoms with Crippen molar-refractivity contribution >= 4 is 29.2 Å². The van der Waals surface area contributed by atoms with Gasteiger partial charge in [0.1, 0.15) is 25.0 Å². The Labute approximate surface area is 282 Å². The van der Waals surface area contributed by atoms with E-state index >= 15 is 0 Å². The first-order chi connectivity index (χ1) is 22.4. The number of rotatable bonds is 11. The highest BCUT2D eigenvalue weighted by Gasteiger charge is 2.32. The minimum Gasteiger partial charge on any atom is -0.489 e. The number of hydrogen-bond acceptors (Lipinski definition) is 9. The van der Waals surface area contributed by atoms with Crippen molar-refractivity contribution in [1.82, 2.24) is 25.1 Å². The van der Waals surface area contributed by atoms with Gasteiger partial charge >= 0.3 is 0 Å². The normalized spacial score (nSPS) is 18.6. The van der Waals surface area contributed by atoms with Gasteiger partial charge < -0.3 is 19.7 Å². The van der Waals surface area contributed by atoms with Gasteiger partial charge in [-0.2, -0.15) is 5.26 Å². The molecule has 46 heavy (non-hydrogen) atoms. The van der Waals surface area contributed by atoms with Crippen LogP contribution in [0, 0.1) is 11.3 Å². The number of ether oxygens (including phenoxy) is 2. The van der Waals surface area contributed by atoms with Crippen LogP contribution in [0.15, 0.2) is 48.7 Å². The highest BCUT2D eigenvalue weighted by atomic mass is 35.5. The maximum Gasteiger partial charge on any atom is 0.225 e. The van der Waals surface area contributed by atoms with Crippen LogP contribution in [-0.4, -0.2) is 96.7 Å². The lowest BCUT2D eigenvalue weighted by molar-refractivity contribution is 0.0629. The van der Waals surface area contributed by atoms with E-state index < -0.39 is 5.41 Å². The van der Waals surface area contributed by atoms with Crippen LogP contribution >= 0.6 is 23.2 Å². The summed E-state index contributed by atoms with van der Waals surface area (Å²) in [6, 6.07) is 17.3. The Morgan fingerprint density at radius 1 is 0.935 bits per heavy atom. The standard InChI is InChI=1S/C35H43Cl2N7O2/c1-35(2,27-19-25(21-38)33(32(37)20-27)45-18-10-36)26-3-5-31(6-4-26)46-24-28-7-11-40-34(41-28)44-16-14-43(15-17-44)29-8-12-42(13-9-29)30-22-39-23-30/h3-7,11,19-20,29-30,39H,8-10,12-18,22-24H2,1-2H3. The van der Waals surface area contributed by atoms with Crippen molar-refractivity contribution in [2.45, 2.75) is 50.8 Å². The van der Waals surface area contributed by atoms with Crippen LogP contribution in [0.4, 0.5) is 5.95 Å². The Hall–Kier alpha value is -3.13. The predicted molar refractivity (Wildman–Crippen MR) is 182 cm³/mol. The highest BCUT2D eigenvalue weighted by Crippen LogP contribution is 2.38. The van der Waals surface area contributed by atoms with Crippen LogP contribution in [0.2, 0.25) is 5.02 Å². The van der Waals surface area contributed by atoms with Crippen LogP contribution < -0.4 is 19.7 Å². The molecule has 1 N–H and O–H groups in total. The van der Waals surface area contributed by atoms with Crippen molar-refractivity contribution in [3.63, 3.8) is 0 Å². The molecule has 9 nitrogen and oxygen atoms in total. The second-order valence-electron chi connectivity index (χ2n) is 12.9. The number of alkyl halides is 1. The maximum absolute atomic E-state index is 9.72. The fraction of sp³-hybridized carbons (Fsp3) is 0.514. The molecular formula is C35H43Cl2N7O2. The number of hydrogen-bond donors (Lipinski definition) is 1. The van der Waals surface area contributed by atoms with Gasteiger partial charge in [-0.15, -0.1) is 11.6 Å². The minimum absolute atomic E-state index is 0.284. The summed E-state index contributed by atoms with van der Waals surface area (Å²) < 4.78 is 11.8. The molecule has 4 heterocycles. The molecule has 3 aliphatic heterocycles. The molecule has 3 aliphatic rings. The van der Waals surface area contributed by atoms with Crippen LogP contribution in [0.3, 0.4) is 0 Å². The zero-order chi connectivity index (χ0) is 32.1. The molecule has 0 radical (unpaired) electrons. The molecule has 0 bridgehead atoms. The summed E-state index contributed by atoms with van der Waals surface area (Å²) in [4.78, 5) is 17.1. The van der Waals surface area contributed by atoms with Gasteiger partial charge in [0.05, 0.1) is 22.2 Å². The maximum atomic E-state index is 9.72. The molecule has 3 fully saturated rings. The van der Waals surface area contributed by atoms with Gasteiger partial charge in [-0.25, -0.2) is 9.97 Å². The average molecular weight is 665 g/mol. The number of nitrogens with one attached hydrogen (secondary N) is 1. The van der Waals surface area contributed by atoms with E-state index in [2.05, 4.69) is 44.9 Å². The molecule has 0 atom stereocenters. The third-order valence-corrected chi connectivity index (χ3v) is 10.2. The van der Waals surface area contributed by atoms with Gasteiger partial charge in [-0.3, -0.25) is 9.80 Å². The van der Waals surface area contributed by atoms with Crippen molar-refractivity contribution < 1.29 is 9.47 Å². The minimum atomic E-state index is -0.407. The fourth-order valence-corrected chi connectivity index (χ4v) is 7.02. The van der Waals surface area contributed by atoms with Crippen LogP contribution in [0.1, 0.15) is 49.1 Å². The number of piperidine rings is 1. The molecule has 0 spiro atoms. The molecule has 11 heteroatoms. The van der Waals surface area contributed by atoms with Crippen molar-refractivity contribution in [3.05, 3.63) is 76.1 Å². The lowest BCUT2D eigenvalue weighted by Crippen LogP contribution is -2.60. The molecule has 0 unspecified atom stereocenters. The number of halogens is 2. The van der Waals surface area contributed by atoms with Gasteiger partial charge in [0.25, 0.3) is 0 Å². The van der Waals surface area contributed by atoms with E-state index in [1.165, 1.54) is 25.9 Å². The zero-order valence-electron chi connectivity index (χ0n) is 26.7. The van der Waals surface area contributed by atoms with Gasteiger partial charge in [0.15, 0.2) is 5.75 Å². The van der Waals surface area contributed by atoms with Gasteiger partial charge in [0, 0.05) is 76.1 Å². The van der Waals surface area contributed by atoms with E-state index in [1.807, 2.05) is 48.7 Å². The zero-order valence-corrected chi connectivity index (χ0v) is 28.2. The van der Waals surface area contributed by atoms with Crippen molar-refractivity contribution in [2.75, 3.05) is 69.7 Å². The lowest BCUT2D eigenvalue weighted by Gasteiger charge is -2.46. The molecule has 3 aromatic rings. The Kier molecular flexibility index (Phi) is 10.5. The first-order valence-electron chi connectivity index (χ1n) is 16.3. The predicted octanol–water partition coefficient (Wildman–Crippen LogP) is 5.08.